The van der Waals surface area contributed by atoms with Crippen LogP contribution in [0.2, 0.25) is 0 Å². The van der Waals surface area contributed by atoms with Crippen molar-refractivity contribution in [2.45, 2.75) is 71.4 Å². The van der Waals surface area contributed by atoms with Crippen LogP contribution in [-0.4, -0.2) is 52.4 Å². The van der Waals surface area contributed by atoms with Crippen molar-refractivity contribution in [2.75, 3.05) is 19.6 Å². The lowest BCUT2D eigenvalue weighted by molar-refractivity contribution is -0.136. The molecule has 2 unspecified atom stereocenters. The van der Waals surface area contributed by atoms with E-state index in [0.29, 0.717) is 29.4 Å². The summed E-state index contributed by atoms with van der Waals surface area (Å²) in [4.78, 5) is 35.4. The summed E-state index contributed by atoms with van der Waals surface area (Å²) in [6.07, 6.45) is 6.90. The van der Waals surface area contributed by atoms with E-state index in [4.69, 9.17) is 0 Å². The predicted molar refractivity (Wildman–Crippen MR) is 134 cm³/mol. The summed E-state index contributed by atoms with van der Waals surface area (Å²) in [5, 5.41) is 6.30. The normalized spacial score (nSPS) is 19.4. The number of hydrogen-bond donors (Lipinski definition) is 3. The van der Waals surface area contributed by atoms with Gasteiger partial charge in [-0.15, -0.1) is 0 Å². The van der Waals surface area contributed by atoms with Crippen LogP contribution in [0.15, 0.2) is 24.4 Å². The van der Waals surface area contributed by atoms with Crippen LogP contribution in [0.4, 0.5) is 8.78 Å². The zero-order valence-electron chi connectivity index (χ0n) is 21.4. The first-order chi connectivity index (χ1) is 17.1. The summed E-state index contributed by atoms with van der Waals surface area (Å²) in [5.41, 5.74) is 0.929. The highest BCUT2D eigenvalue weighted by atomic mass is 19.1. The van der Waals surface area contributed by atoms with Crippen LogP contribution in [0, 0.1) is 23.0 Å². The number of likely N-dealkylation sites (tertiary alicyclic amines) is 1. The Morgan fingerprint density at radius 2 is 1.92 bits per heavy atom. The van der Waals surface area contributed by atoms with Gasteiger partial charge in [-0.1, -0.05) is 13.8 Å². The smallest absolute Gasteiger partial charge is 0.238 e. The lowest BCUT2D eigenvalue weighted by Gasteiger charge is -2.43. The number of H-pyrrole nitrogens is 1. The number of carbonyl (C=O) groups excluding carboxylic acids is 2. The highest BCUT2D eigenvalue weighted by Crippen LogP contribution is 2.44. The number of aromatic amines is 1. The molecule has 1 saturated heterocycles. The van der Waals surface area contributed by atoms with Crippen LogP contribution in [0.1, 0.15) is 71.2 Å². The van der Waals surface area contributed by atoms with E-state index in [1.165, 1.54) is 18.3 Å². The van der Waals surface area contributed by atoms with E-state index < -0.39 is 23.7 Å². The molecule has 2 aromatic rings. The van der Waals surface area contributed by atoms with Gasteiger partial charge >= 0.3 is 0 Å². The highest BCUT2D eigenvalue weighted by Gasteiger charge is 2.36. The van der Waals surface area contributed by atoms with Gasteiger partial charge in [0.1, 0.15) is 17.5 Å². The Balaban J connectivity index is 1.40. The summed E-state index contributed by atoms with van der Waals surface area (Å²) >= 11 is 0. The third-order valence-electron chi connectivity index (χ3n) is 7.33. The average Bonchev–Trinajstić information content (AvgIpc) is 3.31. The van der Waals surface area contributed by atoms with Gasteiger partial charge in [0.05, 0.1) is 30.4 Å². The van der Waals surface area contributed by atoms with Gasteiger partial charge < -0.3 is 20.5 Å². The number of nitrogens with zero attached hydrogens (tertiary/aromatic N) is 2. The maximum absolute atomic E-state index is 14.2. The molecule has 0 spiro atoms. The van der Waals surface area contributed by atoms with Crippen molar-refractivity contribution >= 4 is 11.8 Å². The predicted octanol–water partition coefficient (Wildman–Crippen LogP) is 4.33. The Morgan fingerprint density at radius 1 is 1.19 bits per heavy atom. The van der Waals surface area contributed by atoms with Crippen molar-refractivity contribution in [2.24, 2.45) is 11.3 Å². The fourth-order valence-electron chi connectivity index (χ4n) is 5.44. The first-order valence-corrected chi connectivity index (χ1v) is 12.9. The van der Waals surface area contributed by atoms with Gasteiger partial charge in [0.2, 0.25) is 11.8 Å². The first kappa shape index (κ1) is 26.3. The fourth-order valence-corrected chi connectivity index (χ4v) is 5.44. The number of rotatable bonds is 9. The van der Waals surface area contributed by atoms with E-state index >= 15 is 0 Å². The van der Waals surface area contributed by atoms with E-state index in [9.17, 15) is 18.4 Å². The minimum atomic E-state index is -0.693. The molecule has 2 amide bonds. The minimum absolute atomic E-state index is 0.00369. The Hall–Kier alpha value is -2.81. The van der Waals surface area contributed by atoms with Crippen molar-refractivity contribution in [1.29, 1.82) is 0 Å². The maximum atomic E-state index is 14.2. The molecule has 1 aromatic heterocycles. The molecule has 1 aliphatic heterocycles. The molecule has 3 N–H and O–H groups in total. The van der Waals surface area contributed by atoms with E-state index in [1.807, 2.05) is 4.90 Å². The van der Waals surface area contributed by atoms with E-state index in [-0.39, 0.29) is 23.8 Å². The lowest BCUT2D eigenvalue weighted by Crippen LogP contribution is -2.51. The van der Waals surface area contributed by atoms with Crippen LogP contribution >= 0.6 is 0 Å². The number of amides is 2. The molecule has 1 aromatic carbocycles. The van der Waals surface area contributed by atoms with E-state index in [0.717, 1.165) is 51.3 Å². The lowest BCUT2D eigenvalue weighted by atomic mass is 9.64. The van der Waals surface area contributed by atoms with Crippen molar-refractivity contribution in [3.63, 3.8) is 0 Å². The molecule has 2 atom stereocenters. The second-order valence-electron chi connectivity index (χ2n) is 11.1. The van der Waals surface area contributed by atoms with Gasteiger partial charge in [-0.3, -0.25) is 9.59 Å². The molecule has 1 saturated carbocycles. The number of nitrogens with one attached hydrogen (secondary N) is 3. The third kappa shape index (κ3) is 6.49. The molecular formula is C27H37F2N5O2. The fraction of sp³-hybridized carbons (Fsp3) is 0.593. The average molecular weight is 502 g/mol. The van der Waals surface area contributed by atoms with Crippen molar-refractivity contribution in [3.05, 3.63) is 41.9 Å². The first-order valence-electron chi connectivity index (χ1n) is 12.9. The van der Waals surface area contributed by atoms with Gasteiger partial charge in [-0.25, -0.2) is 13.8 Å². The quantitative estimate of drug-likeness (QED) is 0.477. The Kier molecular flexibility index (Phi) is 8.07. The number of imidazole rings is 1. The monoisotopic (exact) mass is 501 g/mol. The Labute approximate surface area is 211 Å². The standard InChI is InChI=1S/C27H37F2N5O2/c1-17(25-31-16-23(33-25)20-8-7-19(28)11-21(20)29)32-26(36)22(30-15-18-13-27(2,3)14-18)12-24(35)34-9-5-4-6-10-34/h7-8,11,16-18,22,30H,4-6,9-10,12-15H2,1-3H3,(H,31,33)(H,32,36). The minimum Gasteiger partial charge on any atom is -0.345 e. The van der Waals surface area contributed by atoms with Gasteiger partial charge in [-0.05, 0) is 69.0 Å². The van der Waals surface area contributed by atoms with Crippen molar-refractivity contribution in [3.8, 4) is 11.3 Å². The van der Waals surface area contributed by atoms with Crippen LogP contribution in [0.25, 0.3) is 11.3 Å². The van der Waals surface area contributed by atoms with Gasteiger partial charge in [0.25, 0.3) is 0 Å². The molecule has 4 rings (SSSR count). The number of carbonyl (C=O) groups is 2. The molecule has 0 bridgehead atoms. The number of hydrogen-bond acceptors (Lipinski definition) is 4. The number of aromatic nitrogens is 2. The molecule has 0 radical (unpaired) electrons. The molecule has 2 fully saturated rings. The molecular weight excluding hydrogens is 464 g/mol. The highest BCUT2D eigenvalue weighted by molar-refractivity contribution is 5.88. The molecule has 2 aliphatic rings. The van der Waals surface area contributed by atoms with Crippen LogP contribution in [-0.2, 0) is 9.59 Å². The van der Waals surface area contributed by atoms with Crippen molar-refractivity contribution < 1.29 is 18.4 Å². The number of benzene rings is 1. The van der Waals surface area contributed by atoms with Crippen LogP contribution in [0.3, 0.4) is 0 Å². The zero-order chi connectivity index (χ0) is 25.9. The molecule has 36 heavy (non-hydrogen) atoms. The Morgan fingerprint density at radius 3 is 2.58 bits per heavy atom. The second kappa shape index (κ2) is 11.1. The second-order valence-corrected chi connectivity index (χ2v) is 11.1. The number of halogens is 2. The van der Waals surface area contributed by atoms with Crippen molar-refractivity contribution in [1.82, 2.24) is 25.5 Å². The largest absolute Gasteiger partial charge is 0.345 e. The summed E-state index contributed by atoms with van der Waals surface area (Å²) in [6.45, 7) is 8.44. The molecule has 1 aliphatic carbocycles. The number of piperidine rings is 1. The third-order valence-corrected chi connectivity index (χ3v) is 7.33. The zero-order valence-corrected chi connectivity index (χ0v) is 21.4. The summed E-state index contributed by atoms with van der Waals surface area (Å²) < 4.78 is 27.4. The molecule has 2 heterocycles. The van der Waals surface area contributed by atoms with E-state index in [2.05, 4.69) is 34.4 Å². The summed E-state index contributed by atoms with van der Waals surface area (Å²) in [5.74, 6) is -0.672. The SMILES string of the molecule is CC(NC(=O)C(CC(=O)N1CCCCC1)NCC1CC(C)(C)C1)c1ncc(-c2ccc(F)cc2F)[nH]1. The summed E-state index contributed by atoms with van der Waals surface area (Å²) in [7, 11) is 0. The van der Waals surface area contributed by atoms with Gasteiger partial charge in [0.15, 0.2) is 0 Å². The molecule has 9 heteroatoms. The summed E-state index contributed by atoms with van der Waals surface area (Å²) in [6, 6.07) is 2.21. The van der Waals surface area contributed by atoms with E-state index in [1.54, 1.807) is 6.92 Å². The van der Waals surface area contributed by atoms with Gasteiger partial charge in [-0.2, -0.15) is 0 Å². The van der Waals surface area contributed by atoms with Gasteiger partial charge in [0, 0.05) is 24.7 Å². The topological polar surface area (TPSA) is 90.1 Å². The maximum Gasteiger partial charge on any atom is 0.238 e. The Bertz CT molecular complexity index is 1070. The van der Waals surface area contributed by atoms with Crippen LogP contribution < -0.4 is 10.6 Å². The molecule has 196 valence electrons. The van der Waals surface area contributed by atoms with Crippen LogP contribution in [0.5, 0.6) is 0 Å². The molecule has 7 nitrogen and oxygen atoms in total.